The molecule has 0 aromatic heterocycles. The van der Waals surface area contributed by atoms with Crippen molar-refractivity contribution in [2.75, 3.05) is 13.7 Å². The molecule has 4 heteroatoms. The van der Waals surface area contributed by atoms with Gasteiger partial charge in [-0.1, -0.05) is 0 Å². The van der Waals surface area contributed by atoms with Crippen molar-refractivity contribution >= 4 is 16.9 Å². The number of ether oxygens (including phenoxy) is 2. The smallest absolute Gasteiger partial charge is 0.224 e. The molecule has 0 N–H and O–H groups in total. The van der Waals surface area contributed by atoms with Crippen LogP contribution in [0.1, 0.15) is 17.3 Å². The number of hydrogen-bond acceptors (Lipinski definition) is 4. The van der Waals surface area contributed by atoms with Crippen molar-refractivity contribution in [3.8, 4) is 11.5 Å². The average molecular weight is 288 g/mol. The van der Waals surface area contributed by atoms with Crippen molar-refractivity contribution in [1.82, 2.24) is 0 Å². The van der Waals surface area contributed by atoms with Crippen LogP contribution in [-0.2, 0) is 0 Å². The minimum absolute atomic E-state index is 0.0122. The molecule has 0 spiro atoms. The Bertz CT molecular complexity index is 561. The highest BCUT2D eigenvalue weighted by Crippen LogP contribution is 2.25. The number of methoxy groups -OCH3 is 1. The van der Waals surface area contributed by atoms with Crippen LogP contribution in [0.2, 0.25) is 0 Å². The van der Waals surface area contributed by atoms with E-state index in [1.54, 1.807) is 19.2 Å². The van der Waals surface area contributed by atoms with E-state index < -0.39 is 0 Å². The molecule has 0 radical (unpaired) electrons. The third-order valence-corrected chi connectivity index (χ3v) is 3.60. The first kappa shape index (κ1) is 14.5. The molecule has 0 bridgehead atoms. The summed E-state index contributed by atoms with van der Waals surface area (Å²) in [5, 5.41) is 0.0122. The van der Waals surface area contributed by atoms with E-state index >= 15 is 0 Å². The maximum absolute atomic E-state index is 12.1. The highest BCUT2D eigenvalue weighted by atomic mass is 32.2. The molecule has 0 heterocycles. The van der Waals surface area contributed by atoms with Crippen molar-refractivity contribution in [1.29, 1.82) is 0 Å². The summed E-state index contributed by atoms with van der Waals surface area (Å²) < 4.78 is 10.4. The van der Waals surface area contributed by atoms with Gasteiger partial charge in [0.2, 0.25) is 5.12 Å². The van der Waals surface area contributed by atoms with E-state index in [2.05, 4.69) is 0 Å². The molecule has 0 saturated carbocycles. The zero-order valence-electron chi connectivity index (χ0n) is 11.5. The fourth-order valence-corrected chi connectivity index (χ4v) is 2.40. The van der Waals surface area contributed by atoms with Gasteiger partial charge in [0.1, 0.15) is 11.5 Å². The Labute approximate surface area is 122 Å². The van der Waals surface area contributed by atoms with Gasteiger partial charge < -0.3 is 9.47 Å². The summed E-state index contributed by atoms with van der Waals surface area (Å²) in [6.07, 6.45) is 0. The second-order valence-corrected chi connectivity index (χ2v) is 5.07. The van der Waals surface area contributed by atoms with E-state index in [0.717, 1.165) is 16.4 Å². The summed E-state index contributed by atoms with van der Waals surface area (Å²) >= 11 is 1.20. The fourth-order valence-electron chi connectivity index (χ4n) is 1.66. The van der Waals surface area contributed by atoms with E-state index in [9.17, 15) is 4.79 Å². The molecule has 0 unspecified atom stereocenters. The Morgan fingerprint density at radius 2 is 1.60 bits per heavy atom. The maximum Gasteiger partial charge on any atom is 0.224 e. The van der Waals surface area contributed by atoms with Crippen LogP contribution >= 0.6 is 11.8 Å². The van der Waals surface area contributed by atoms with Crippen molar-refractivity contribution < 1.29 is 14.3 Å². The van der Waals surface area contributed by atoms with Crippen LogP contribution in [-0.4, -0.2) is 18.8 Å². The fraction of sp³-hybridized carbons (Fsp3) is 0.188. The number of benzene rings is 2. The second-order valence-electron chi connectivity index (χ2n) is 4.02. The lowest BCUT2D eigenvalue weighted by Crippen LogP contribution is -1.95. The lowest BCUT2D eigenvalue weighted by Gasteiger charge is -2.05. The van der Waals surface area contributed by atoms with Crippen LogP contribution in [0.3, 0.4) is 0 Å². The van der Waals surface area contributed by atoms with Crippen LogP contribution in [0, 0.1) is 0 Å². The van der Waals surface area contributed by atoms with Gasteiger partial charge in [0.25, 0.3) is 0 Å². The molecular formula is C16H16O3S. The Morgan fingerprint density at radius 3 is 2.15 bits per heavy atom. The summed E-state index contributed by atoms with van der Waals surface area (Å²) in [5.41, 5.74) is 0.661. The highest BCUT2D eigenvalue weighted by Gasteiger charge is 2.08. The van der Waals surface area contributed by atoms with Gasteiger partial charge in [-0.2, -0.15) is 0 Å². The van der Waals surface area contributed by atoms with E-state index in [1.807, 2.05) is 43.3 Å². The minimum atomic E-state index is 0.0122. The standard InChI is InChI=1S/C16H16O3S/c1-3-19-14-6-4-12(5-7-14)16(17)20-15-10-8-13(18-2)9-11-15/h4-11H,3H2,1-2H3. The molecule has 0 aliphatic heterocycles. The topological polar surface area (TPSA) is 35.5 Å². The minimum Gasteiger partial charge on any atom is -0.497 e. The van der Waals surface area contributed by atoms with E-state index in [1.165, 1.54) is 11.8 Å². The van der Waals surface area contributed by atoms with Crippen molar-refractivity contribution in [3.05, 3.63) is 54.1 Å². The van der Waals surface area contributed by atoms with Gasteiger partial charge in [-0.25, -0.2) is 0 Å². The number of carbonyl (C=O) groups is 1. The van der Waals surface area contributed by atoms with Crippen molar-refractivity contribution in [2.24, 2.45) is 0 Å². The lowest BCUT2D eigenvalue weighted by atomic mass is 10.2. The molecule has 2 aromatic rings. The first-order valence-corrected chi connectivity index (χ1v) is 7.13. The van der Waals surface area contributed by atoms with Gasteiger partial charge in [0.05, 0.1) is 13.7 Å². The van der Waals surface area contributed by atoms with Gasteiger partial charge in [0.15, 0.2) is 0 Å². The van der Waals surface area contributed by atoms with E-state index in [0.29, 0.717) is 12.2 Å². The summed E-state index contributed by atoms with van der Waals surface area (Å²) in [6.45, 7) is 2.55. The molecule has 0 amide bonds. The molecule has 0 aliphatic rings. The van der Waals surface area contributed by atoms with Crippen LogP contribution < -0.4 is 9.47 Å². The molecular weight excluding hydrogens is 272 g/mol. The van der Waals surface area contributed by atoms with Crippen LogP contribution in [0.4, 0.5) is 0 Å². The molecule has 0 fully saturated rings. The van der Waals surface area contributed by atoms with Crippen LogP contribution in [0.15, 0.2) is 53.4 Å². The van der Waals surface area contributed by atoms with Crippen LogP contribution in [0.5, 0.6) is 11.5 Å². The molecule has 3 nitrogen and oxygen atoms in total. The average Bonchev–Trinajstić information content (AvgIpc) is 2.49. The quantitative estimate of drug-likeness (QED) is 0.778. The second kappa shape index (κ2) is 7.01. The first-order valence-electron chi connectivity index (χ1n) is 6.32. The monoisotopic (exact) mass is 288 g/mol. The summed E-state index contributed by atoms with van der Waals surface area (Å²) in [4.78, 5) is 13.0. The predicted octanol–water partition coefficient (Wildman–Crippen LogP) is 4.03. The number of thioether (sulfide) groups is 1. The third-order valence-electron chi connectivity index (χ3n) is 2.67. The van der Waals surface area contributed by atoms with Crippen LogP contribution in [0.25, 0.3) is 0 Å². The summed E-state index contributed by atoms with van der Waals surface area (Å²) in [5.74, 6) is 1.56. The normalized spacial score (nSPS) is 10.1. The van der Waals surface area contributed by atoms with Gasteiger partial charge in [-0.05, 0) is 67.2 Å². The molecule has 20 heavy (non-hydrogen) atoms. The van der Waals surface area contributed by atoms with Crippen molar-refractivity contribution in [3.63, 3.8) is 0 Å². The SMILES string of the molecule is CCOc1ccc(C(=O)Sc2ccc(OC)cc2)cc1. The third kappa shape index (κ3) is 3.78. The lowest BCUT2D eigenvalue weighted by molar-refractivity contribution is 0.108. The molecule has 2 aromatic carbocycles. The summed E-state index contributed by atoms with van der Waals surface area (Å²) in [7, 11) is 1.62. The molecule has 0 aliphatic carbocycles. The van der Waals surface area contributed by atoms with Crippen molar-refractivity contribution in [2.45, 2.75) is 11.8 Å². The zero-order valence-corrected chi connectivity index (χ0v) is 12.3. The molecule has 104 valence electrons. The van der Waals surface area contributed by atoms with Gasteiger partial charge in [-0.3, -0.25) is 4.79 Å². The van der Waals surface area contributed by atoms with Gasteiger partial charge in [0, 0.05) is 10.5 Å². The van der Waals surface area contributed by atoms with Gasteiger partial charge >= 0.3 is 0 Å². The van der Waals surface area contributed by atoms with Gasteiger partial charge in [-0.15, -0.1) is 0 Å². The Balaban J connectivity index is 2.03. The zero-order chi connectivity index (χ0) is 14.4. The summed E-state index contributed by atoms with van der Waals surface area (Å²) in [6, 6.07) is 14.6. The number of rotatable bonds is 5. The predicted molar refractivity (Wildman–Crippen MR) is 80.8 cm³/mol. The molecule has 0 saturated heterocycles. The largest absolute Gasteiger partial charge is 0.497 e. The highest BCUT2D eigenvalue weighted by molar-refractivity contribution is 8.14. The Hall–Kier alpha value is -1.94. The molecule has 0 atom stereocenters. The Morgan fingerprint density at radius 1 is 1.00 bits per heavy atom. The maximum atomic E-state index is 12.1. The first-order chi connectivity index (χ1) is 9.72. The molecule has 2 rings (SSSR count). The van der Waals surface area contributed by atoms with E-state index in [-0.39, 0.29) is 5.12 Å². The Kier molecular flexibility index (Phi) is 5.07. The van der Waals surface area contributed by atoms with E-state index in [4.69, 9.17) is 9.47 Å². The number of carbonyl (C=O) groups excluding carboxylic acids is 1. The number of hydrogen-bond donors (Lipinski definition) is 0.